The van der Waals surface area contributed by atoms with Gasteiger partial charge < -0.3 is 15.2 Å². The van der Waals surface area contributed by atoms with Gasteiger partial charge in [-0.25, -0.2) is 0 Å². The lowest BCUT2D eigenvalue weighted by Crippen LogP contribution is -2.19. The number of rotatable bonds is 7. The first-order chi connectivity index (χ1) is 9.26. The zero-order valence-corrected chi connectivity index (χ0v) is 12.0. The first-order valence-corrected chi connectivity index (χ1v) is 7.35. The van der Waals surface area contributed by atoms with Gasteiger partial charge in [-0.2, -0.15) is 0 Å². The third-order valence-electron chi connectivity index (χ3n) is 3.70. The van der Waals surface area contributed by atoms with Crippen molar-refractivity contribution in [1.29, 1.82) is 0 Å². The molecule has 1 aliphatic carbocycles. The summed E-state index contributed by atoms with van der Waals surface area (Å²) in [7, 11) is 0. The van der Waals surface area contributed by atoms with Gasteiger partial charge in [0, 0.05) is 18.6 Å². The number of nitrogens with one attached hydrogen (secondary N) is 1. The topological polar surface area (TPSA) is 41.5 Å². The molecule has 0 saturated heterocycles. The Morgan fingerprint density at radius 1 is 1.47 bits per heavy atom. The van der Waals surface area contributed by atoms with Crippen LogP contribution in [0, 0.1) is 5.92 Å². The van der Waals surface area contributed by atoms with Crippen LogP contribution in [0.3, 0.4) is 0 Å². The quantitative estimate of drug-likeness (QED) is 0.794. The van der Waals surface area contributed by atoms with Gasteiger partial charge in [-0.3, -0.25) is 0 Å². The molecule has 1 aromatic rings. The van der Waals surface area contributed by atoms with Crippen LogP contribution in [0.2, 0.25) is 0 Å². The van der Waals surface area contributed by atoms with Crippen LogP contribution in [-0.2, 0) is 6.42 Å². The number of aliphatic hydroxyl groups is 1. The fraction of sp³-hybridized carbons (Fsp3) is 0.625. The Morgan fingerprint density at radius 3 is 3.05 bits per heavy atom. The van der Waals surface area contributed by atoms with Crippen LogP contribution < -0.4 is 10.1 Å². The highest BCUT2D eigenvalue weighted by Crippen LogP contribution is 2.36. The molecule has 1 aromatic carbocycles. The van der Waals surface area contributed by atoms with Crippen molar-refractivity contribution >= 4 is 0 Å². The molecular formula is C16H25NO2. The standard InChI is InChI=1S/C16H25NO2/c1-3-9-17-15-8-7-14-13(15)5-4-6-16(14)19-11-12(2)10-18/h4-6,12,15,17-18H,3,7-11H2,1-2H3. The maximum absolute atomic E-state index is 9.06. The minimum atomic E-state index is 0.176. The summed E-state index contributed by atoms with van der Waals surface area (Å²) in [5, 5.41) is 12.7. The highest BCUT2D eigenvalue weighted by atomic mass is 16.5. The van der Waals surface area contributed by atoms with E-state index in [1.54, 1.807) is 0 Å². The number of fused-ring (bicyclic) bond motifs is 1. The van der Waals surface area contributed by atoms with E-state index in [1.807, 2.05) is 13.0 Å². The van der Waals surface area contributed by atoms with Gasteiger partial charge in [0.2, 0.25) is 0 Å². The Balaban J connectivity index is 2.05. The van der Waals surface area contributed by atoms with Crippen molar-refractivity contribution in [3.05, 3.63) is 29.3 Å². The molecule has 106 valence electrons. The minimum absolute atomic E-state index is 0.176. The number of aliphatic hydroxyl groups excluding tert-OH is 1. The SMILES string of the molecule is CCCNC1CCc2c(OCC(C)CO)cccc21. The second kappa shape index (κ2) is 6.92. The lowest BCUT2D eigenvalue weighted by molar-refractivity contribution is 0.173. The monoisotopic (exact) mass is 263 g/mol. The Morgan fingerprint density at radius 2 is 2.32 bits per heavy atom. The Kier molecular flexibility index (Phi) is 5.23. The zero-order chi connectivity index (χ0) is 13.7. The molecule has 0 fully saturated rings. The van der Waals surface area contributed by atoms with Crippen LogP contribution in [-0.4, -0.2) is 24.9 Å². The van der Waals surface area contributed by atoms with Crippen molar-refractivity contribution in [2.24, 2.45) is 5.92 Å². The van der Waals surface area contributed by atoms with Crippen molar-refractivity contribution in [3.8, 4) is 5.75 Å². The smallest absolute Gasteiger partial charge is 0.122 e. The molecular weight excluding hydrogens is 238 g/mol. The molecule has 3 nitrogen and oxygen atoms in total. The van der Waals surface area contributed by atoms with Crippen molar-refractivity contribution < 1.29 is 9.84 Å². The highest BCUT2D eigenvalue weighted by Gasteiger charge is 2.24. The first-order valence-electron chi connectivity index (χ1n) is 7.35. The highest BCUT2D eigenvalue weighted by molar-refractivity contribution is 5.45. The van der Waals surface area contributed by atoms with E-state index < -0.39 is 0 Å². The van der Waals surface area contributed by atoms with Crippen LogP contribution in [0.15, 0.2) is 18.2 Å². The molecule has 1 aliphatic rings. The van der Waals surface area contributed by atoms with E-state index in [-0.39, 0.29) is 12.5 Å². The normalized spacial score (nSPS) is 19.2. The summed E-state index contributed by atoms with van der Waals surface area (Å²) in [6, 6.07) is 6.81. The fourth-order valence-corrected chi connectivity index (χ4v) is 2.57. The Labute approximate surface area is 116 Å². The molecule has 2 unspecified atom stereocenters. The maximum Gasteiger partial charge on any atom is 0.122 e. The van der Waals surface area contributed by atoms with Crippen molar-refractivity contribution in [2.75, 3.05) is 19.8 Å². The van der Waals surface area contributed by atoms with Crippen LogP contribution in [0.5, 0.6) is 5.75 Å². The second-order valence-corrected chi connectivity index (χ2v) is 5.47. The Bertz CT molecular complexity index is 406. The van der Waals surface area contributed by atoms with E-state index in [2.05, 4.69) is 24.4 Å². The third kappa shape index (κ3) is 3.48. The van der Waals surface area contributed by atoms with Gasteiger partial charge in [-0.1, -0.05) is 26.0 Å². The van der Waals surface area contributed by atoms with Gasteiger partial charge in [0.05, 0.1) is 6.61 Å². The largest absolute Gasteiger partial charge is 0.493 e. The third-order valence-corrected chi connectivity index (χ3v) is 3.70. The minimum Gasteiger partial charge on any atom is -0.493 e. The molecule has 2 rings (SSSR count). The summed E-state index contributed by atoms with van der Waals surface area (Å²) in [6.45, 7) is 6.01. The maximum atomic E-state index is 9.06. The summed E-state index contributed by atoms with van der Waals surface area (Å²) >= 11 is 0. The number of hydrogen-bond donors (Lipinski definition) is 2. The summed E-state index contributed by atoms with van der Waals surface area (Å²) in [4.78, 5) is 0. The predicted molar refractivity (Wildman–Crippen MR) is 77.5 cm³/mol. The number of benzene rings is 1. The van der Waals surface area contributed by atoms with E-state index >= 15 is 0 Å². The van der Waals surface area contributed by atoms with Gasteiger partial charge >= 0.3 is 0 Å². The van der Waals surface area contributed by atoms with Crippen molar-refractivity contribution in [2.45, 2.75) is 39.2 Å². The molecule has 0 bridgehead atoms. The van der Waals surface area contributed by atoms with Gasteiger partial charge in [-0.05, 0) is 43.0 Å². The summed E-state index contributed by atoms with van der Waals surface area (Å²) in [5.41, 5.74) is 2.74. The zero-order valence-electron chi connectivity index (χ0n) is 12.0. The van der Waals surface area contributed by atoms with Gasteiger partial charge in [-0.15, -0.1) is 0 Å². The van der Waals surface area contributed by atoms with Crippen LogP contribution in [0.25, 0.3) is 0 Å². The summed E-state index contributed by atoms with van der Waals surface area (Å²) in [5.74, 6) is 1.19. The van der Waals surface area contributed by atoms with Crippen LogP contribution in [0.1, 0.15) is 43.9 Å². The molecule has 2 N–H and O–H groups in total. The molecule has 2 atom stereocenters. The van der Waals surface area contributed by atoms with E-state index in [9.17, 15) is 0 Å². The van der Waals surface area contributed by atoms with Crippen LogP contribution >= 0.6 is 0 Å². The molecule has 0 radical (unpaired) electrons. The van der Waals surface area contributed by atoms with Crippen molar-refractivity contribution in [1.82, 2.24) is 5.32 Å². The average Bonchev–Trinajstić information content (AvgIpc) is 2.86. The molecule has 0 heterocycles. The molecule has 3 heteroatoms. The van der Waals surface area contributed by atoms with Gasteiger partial charge in [0.25, 0.3) is 0 Å². The lowest BCUT2D eigenvalue weighted by Gasteiger charge is -2.16. The molecule has 0 amide bonds. The fourth-order valence-electron chi connectivity index (χ4n) is 2.57. The Hall–Kier alpha value is -1.06. The summed E-state index contributed by atoms with van der Waals surface area (Å²) in [6.07, 6.45) is 3.40. The molecule has 0 aliphatic heterocycles. The summed E-state index contributed by atoms with van der Waals surface area (Å²) < 4.78 is 5.87. The van der Waals surface area contributed by atoms with E-state index in [4.69, 9.17) is 9.84 Å². The number of hydrogen-bond acceptors (Lipinski definition) is 3. The number of ether oxygens (including phenoxy) is 1. The van der Waals surface area contributed by atoms with Crippen LogP contribution in [0.4, 0.5) is 0 Å². The molecule has 0 saturated carbocycles. The average molecular weight is 263 g/mol. The predicted octanol–water partition coefficient (Wildman–Crippen LogP) is 2.68. The van der Waals surface area contributed by atoms with E-state index in [0.717, 1.165) is 31.6 Å². The molecule has 19 heavy (non-hydrogen) atoms. The second-order valence-electron chi connectivity index (χ2n) is 5.47. The van der Waals surface area contributed by atoms with E-state index in [1.165, 1.54) is 11.1 Å². The van der Waals surface area contributed by atoms with Gasteiger partial charge in [0.1, 0.15) is 5.75 Å². The molecule has 0 spiro atoms. The van der Waals surface area contributed by atoms with Crippen molar-refractivity contribution in [3.63, 3.8) is 0 Å². The lowest BCUT2D eigenvalue weighted by atomic mass is 10.1. The van der Waals surface area contributed by atoms with E-state index in [0.29, 0.717) is 12.6 Å². The molecule has 0 aromatic heterocycles. The van der Waals surface area contributed by atoms with Gasteiger partial charge in [0.15, 0.2) is 0 Å². The first kappa shape index (κ1) is 14.4.